The number of ether oxygens (including phenoxy) is 6. The van der Waals surface area contributed by atoms with Crippen LogP contribution in [0.4, 0.5) is 0 Å². The molecule has 1 heterocycles. The van der Waals surface area contributed by atoms with E-state index in [1.165, 1.54) is 0 Å². The lowest BCUT2D eigenvalue weighted by molar-refractivity contribution is 0.0949. The van der Waals surface area contributed by atoms with E-state index < -0.39 is 8.32 Å². The van der Waals surface area contributed by atoms with E-state index in [0.29, 0.717) is 28.7 Å². The van der Waals surface area contributed by atoms with Crippen LogP contribution < -0.4 is 28.4 Å². The SMILES string of the molecule is COc1cc(C[C@H](C)[C@H](C)[C@H](O[Si](C)(C)C(C)(C)C)c2cc(OC)c(OC)c(OC)c2Br)cc2c1OCO2. The van der Waals surface area contributed by atoms with Gasteiger partial charge in [0.2, 0.25) is 18.3 Å². The van der Waals surface area contributed by atoms with Crippen LogP contribution in [0.15, 0.2) is 22.7 Å². The van der Waals surface area contributed by atoms with E-state index in [-0.39, 0.29) is 29.8 Å². The maximum atomic E-state index is 7.17. The van der Waals surface area contributed by atoms with Crippen molar-refractivity contribution >= 4 is 24.2 Å². The Balaban J connectivity index is 2.06. The van der Waals surface area contributed by atoms with Crippen LogP contribution in [0, 0.1) is 11.8 Å². The number of halogens is 1. The zero-order valence-corrected chi connectivity index (χ0v) is 27.2. The zero-order valence-electron chi connectivity index (χ0n) is 24.6. The number of benzene rings is 2. The van der Waals surface area contributed by atoms with Crippen molar-refractivity contribution in [2.24, 2.45) is 11.8 Å². The van der Waals surface area contributed by atoms with Crippen molar-refractivity contribution in [3.63, 3.8) is 0 Å². The van der Waals surface area contributed by atoms with Gasteiger partial charge in [0.15, 0.2) is 31.3 Å². The van der Waals surface area contributed by atoms with Crippen LogP contribution in [0.5, 0.6) is 34.5 Å². The van der Waals surface area contributed by atoms with Gasteiger partial charge in [-0.1, -0.05) is 34.6 Å². The van der Waals surface area contributed by atoms with E-state index >= 15 is 0 Å². The lowest BCUT2D eigenvalue weighted by atomic mass is 9.83. The molecule has 1 aliphatic rings. The summed E-state index contributed by atoms with van der Waals surface area (Å²) >= 11 is 3.82. The van der Waals surface area contributed by atoms with Gasteiger partial charge in [-0.2, -0.15) is 0 Å². The number of hydrogen-bond acceptors (Lipinski definition) is 7. The molecule has 0 bridgehead atoms. The van der Waals surface area contributed by atoms with E-state index in [1.54, 1.807) is 28.4 Å². The minimum absolute atomic E-state index is 0.0337. The highest BCUT2D eigenvalue weighted by Crippen LogP contribution is 2.51. The Kier molecular flexibility index (Phi) is 9.58. The fourth-order valence-electron chi connectivity index (χ4n) is 4.45. The normalized spacial score (nSPS) is 15.6. The van der Waals surface area contributed by atoms with Gasteiger partial charge in [-0.25, -0.2) is 0 Å². The van der Waals surface area contributed by atoms with Gasteiger partial charge in [0.25, 0.3) is 0 Å². The van der Waals surface area contributed by atoms with Crippen molar-refractivity contribution in [2.45, 2.75) is 65.3 Å². The standard InChI is InChI=1S/C29H43BrO7Si/c1-17(12-19-13-21(31-6)26-23(14-19)35-16-36-26)18(2)25(37-38(10,11)29(3,4)5)20-15-22(32-7)27(33-8)28(34-9)24(20)30/h13-15,17-18,25H,12,16H2,1-11H3/t17-,18-,25-/m0/s1. The number of rotatable bonds is 11. The average Bonchev–Trinajstić information content (AvgIpc) is 3.34. The van der Waals surface area contributed by atoms with Crippen LogP contribution in [-0.4, -0.2) is 43.5 Å². The summed E-state index contributed by atoms with van der Waals surface area (Å²) in [5, 5.41) is 0.0337. The second-order valence-electron chi connectivity index (χ2n) is 11.4. The third kappa shape index (κ3) is 6.05. The Bertz CT molecular complexity index is 1130. The molecule has 2 aromatic rings. The fourth-order valence-corrected chi connectivity index (χ4v) is 6.47. The van der Waals surface area contributed by atoms with Crippen LogP contribution in [0.2, 0.25) is 18.1 Å². The van der Waals surface area contributed by atoms with Crippen molar-refractivity contribution in [1.29, 1.82) is 0 Å². The fraction of sp³-hybridized carbons (Fsp3) is 0.586. The van der Waals surface area contributed by atoms with Gasteiger partial charge >= 0.3 is 0 Å². The smallest absolute Gasteiger partial charge is 0.231 e. The lowest BCUT2D eigenvalue weighted by Gasteiger charge is -2.42. The van der Waals surface area contributed by atoms with Gasteiger partial charge in [-0.05, 0) is 76.1 Å². The van der Waals surface area contributed by atoms with Gasteiger partial charge in [-0.3, -0.25) is 0 Å². The summed E-state index contributed by atoms with van der Waals surface area (Å²) in [4.78, 5) is 0. The maximum Gasteiger partial charge on any atom is 0.231 e. The van der Waals surface area contributed by atoms with Gasteiger partial charge < -0.3 is 32.8 Å². The average molecular weight is 612 g/mol. The van der Waals surface area contributed by atoms with Gasteiger partial charge in [0, 0.05) is 5.56 Å². The molecule has 0 unspecified atom stereocenters. The van der Waals surface area contributed by atoms with Crippen LogP contribution in [0.3, 0.4) is 0 Å². The molecule has 0 fully saturated rings. The molecule has 0 spiro atoms. The van der Waals surface area contributed by atoms with Crippen LogP contribution in [0.25, 0.3) is 0 Å². The summed E-state index contributed by atoms with van der Waals surface area (Å²) in [6.07, 6.45) is 0.595. The van der Waals surface area contributed by atoms with E-state index in [0.717, 1.165) is 27.8 Å². The minimum Gasteiger partial charge on any atom is -0.493 e. The highest BCUT2D eigenvalue weighted by atomic mass is 79.9. The predicted molar refractivity (Wildman–Crippen MR) is 156 cm³/mol. The molecule has 7 nitrogen and oxygen atoms in total. The second kappa shape index (κ2) is 12.0. The van der Waals surface area contributed by atoms with E-state index in [4.69, 9.17) is 32.8 Å². The largest absolute Gasteiger partial charge is 0.493 e. The molecule has 0 radical (unpaired) electrons. The second-order valence-corrected chi connectivity index (χ2v) is 17.0. The topological polar surface area (TPSA) is 64.6 Å². The lowest BCUT2D eigenvalue weighted by Crippen LogP contribution is -2.43. The molecule has 212 valence electrons. The van der Waals surface area contributed by atoms with Crippen molar-refractivity contribution < 1.29 is 32.8 Å². The summed E-state index contributed by atoms with van der Waals surface area (Å²) in [7, 11) is 4.36. The number of methoxy groups -OCH3 is 4. The Morgan fingerprint density at radius 3 is 2.08 bits per heavy atom. The molecular weight excluding hydrogens is 568 g/mol. The molecule has 0 saturated carbocycles. The highest BCUT2D eigenvalue weighted by molar-refractivity contribution is 9.10. The molecule has 0 aliphatic carbocycles. The Hall–Kier alpha value is -2.10. The van der Waals surface area contributed by atoms with Crippen molar-refractivity contribution in [2.75, 3.05) is 35.2 Å². The molecule has 3 atom stereocenters. The van der Waals surface area contributed by atoms with Crippen LogP contribution in [-0.2, 0) is 10.8 Å². The summed E-state index contributed by atoms with van der Waals surface area (Å²) in [5.74, 6) is 4.21. The quantitative estimate of drug-likeness (QED) is 0.240. The molecule has 1 aliphatic heterocycles. The van der Waals surface area contributed by atoms with Crippen molar-refractivity contribution in [3.8, 4) is 34.5 Å². The van der Waals surface area contributed by atoms with E-state index in [2.05, 4.69) is 63.6 Å². The molecule has 3 rings (SSSR count). The Morgan fingerprint density at radius 1 is 0.895 bits per heavy atom. The molecule has 9 heteroatoms. The van der Waals surface area contributed by atoms with Crippen molar-refractivity contribution in [1.82, 2.24) is 0 Å². The molecule has 0 N–H and O–H groups in total. The summed E-state index contributed by atoms with van der Waals surface area (Å²) in [6.45, 7) is 16.1. The summed E-state index contributed by atoms with van der Waals surface area (Å²) in [6, 6.07) is 6.10. The molecule has 0 amide bonds. The first kappa shape index (κ1) is 30.4. The molecule has 38 heavy (non-hydrogen) atoms. The number of hydrogen-bond donors (Lipinski definition) is 0. The third-order valence-corrected chi connectivity index (χ3v) is 13.3. The van der Waals surface area contributed by atoms with Gasteiger partial charge in [-0.15, -0.1) is 0 Å². The van der Waals surface area contributed by atoms with Gasteiger partial charge in [0.05, 0.1) is 39.0 Å². The Labute approximate surface area is 237 Å². The zero-order chi connectivity index (χ0) is 28.4. The first-order valence-electron chi connectivity index (χ1n) is 12.9. The molecule has 0 aromatic heterocycles. The predicted octanol–water partition coefficient (Wildman–Crippen LogP) is 7.79. The number of fused-ring (bicyclic) bond motifs is 1. The monoisotopic (exact) mass is 610 g/mol. The third-order valence-electron chi connectivity index (χ3n) is 7.98. The highest BCUT2D eigenvalue weighted by Gasteiger charge is 2.42. The minimum atomic E-state index is -2.17. The molecular formula is C29H43BrO7Si. The van der Waals surface area contributed by atoms with Gasteiger partial charge in [0.1, 0.15) is 0 Å². The first-order chi connectivity index (χ1) is 17.8. The van der Waals surface area contributed by atoms with Crippen LogP contribution in [0.1, 0.15) is 51.8 Å². The first-order valence-corrected chi connectivity index (χ1v) is 16.6. The molecule has 2 aromatic carbocycles. The molecule has 0 saturated heterocycles. The summed E-state index contributed by atoms with van der Waals surface area (Å²) in [5.41, 5.74) is 2.10. The summed E-state index contributed by atoms with van der Waals surface area (Å²) < 4.78 is 41.9. The van der Waals surface area contributed by atoms with Crippen LogP contribution >= 0.6 is 15.9 Å². The van der Waals surface area contributed by atoms with E-state index in [9.17, 15) is 0 Å². The van der Waals surface area contributed by atoms with Crippen molar-refractivity contribution in [3.05, 3.63) is 33.8 Å². The van der Waals surface area contributed by atoms with E-state index in [1.807, 2.05) is 18.2 Å². The maximum absolute atomic E-state index is 7.17. The Morgan fingerprint density at radius 2 is 1.53 bits per heavy atom.